The van der Waals surface area contributed by atoms with E-state index in [9.17, 15) is 22.8 Å². The molecular weight excluding hydrogens is 588 g/mol. The fourth-order valence-electron chi connectivity index (χ4n) is 5.39. The predicted molar refractivity (Wildman–Crippen MR) is 181 cm³/mol. The van der Waals surface area contributed by atoms with Gasteiger partial charge in [-0.25, -0.2) is 13.1 Å². The number of hydrogen-bond donors (Lipinski definition) is 3. The van der Waals surface area contributed by atoms with Crippen molar-refractivity contribution in [3.05, 3.63) is 82.9 Å². The van der Waals surface area contributed by atoms with Crippen LogP contribution in [0, 0.1) is 18.3 Å². The van der Waals surface area contributed by atoms with Crippen LogP contribution < -0.4 is 15.4 Å². The second kappa shape index (κ2) is 15.2. The van der Waals surface area contributed by atoms with Crippen molar-refractivity contribution in [2.45, 2.75) is 91.6 Å². The molecule has 45 heavy (non-hydrogen) atoms. The molecule has 10 heteroatoms. The Morgan fingerprint density at radius 1 is 0.933 bits per heavy atom. The molecule has 0 radical (unpaired) electrons. The Bertz CT molecular complexity index is 1480. The topological polar surface area (TPSA) is 125 Å². The zero-order valence-electron chi connectivity index (χ0n) is 28.7. The summed E-state index contributed by atoms with van der Waals surface area (Å²) in [6.45, 7) is 17.0. The summed E-state index contributed by atoms with van der Waals surface area (Å²) >= 11 is 0. The summed E-state index contributed by atoms with van der Waals surface area (Å²) in [5, 5.41) is 6.19. The van der Waals surface area contributed by atoms with Gasteiger partial charge in [0.15, 0.2) is 0 Å². The third-order valence-corrected chi connectivity index (χ3v) is 9.35. The first kappa shape index (κ1) is 37.7. The molecule has 0 unspecified atom stereocenters. The molecule has 0 aliphatic heterocycles. The normalized spacial score (nSPS) is 14.8. The summed E-state index contributed by atoms with van der Waals surface area (Å²) in [4.78, 5) is 42.4. The third-order valence-electron chi connectivity index (χ3n) is 8.14. The van der Waals surface area contributed by atoms with Crippen molar-refractivity contribution in [1.82, 2.24) is 20.3 Å². The van der Waals surface area contributed by atoms with E-state index >= 15 is 0 Å². The number of aryl methyl sites for hydroxylation is 1. The summed E-state index contributed by atoms with van der Waals surface area (Å²) < 4.78 is 27.5. The number of sulfonamides is 1. The first-order valence-electron chi connectivity index (χ1n) is 15.3. The Morgan fingerprint density at radius 2 is 1.53 bits per heavy atom. The maximum absolute atomic E-state index is 14.1. The Labute approximate surface area is 270 Å². The summed E-state index contributed by atoms with van der Waals surface area (Å²) in [5.41, 5.74) is 1.58. The van der Waals surface area contributed by atoms with Gasteiger partial charge in [-0.15, -0.1) is 0 Å². The van der Waals surface area contributed by atoms with Crippen LogP contribution in [0.1, 0.15) is 72.1 Å². The van der Waals surface area contributed by atoms with E-state index < -0.39 is 44.9 Å². The monoisotopic (exact) mass is 640 g/mol. The molecule has 0 aliphatic rings. The number of nitrogens with zero attached hydrogens (tertiary/aromatic N) is 1. The maximum Gasteiger partial charge on any atom is 0.260 e. The molecular formula is C35H52N4O5S. The van der Waals surface area contributed by atoms with E-state index in [0.29, 0.717) is 5.56 Å². The van der Waals surface area contributed by atoms with Gasteiger partial charge in [0.2, 0.25) is 21.8 Å². The fraction of sp³-hybridized carbons (Fsp3) is 0.514. The zero-order chi connectivity index (χ0) is 34.3. The van der Waals surface area contributed by atoms with Crippen LogP contribution >= 0.6 is 0 Å². The highest BCUT2D eigenvalue weighted by atomic mass is 32.2. The third kappa shape index (κ3) is 10.3. The average Bonchev–Trinajstić information content (AvgIpc) is 2.93. The van der Waals surface area contributed by atoms with Gasteiger partial charge in [0, 0.05) is 18.0 Å². The molecule has 3 atom stereocenters. The van der Waals surface area contributed by atoms with Gasteiger partial charge in [0.05, 0.1) is 17.8 Å². The molecule has 0 aromatic heterocycles. The van der Waals surface area contributed by atoms with Crippen molar-refractivity contribution in [3.8, 4) is 0 Å². The molecule has 0 fully saturated rings. The molecule has 0 spiro atoms. The Morgan fingerprint density at radius 3 is 2.04 bits per heavy atom. The first-order chi connectivity index (χ1) is 20.7. The van der Waals surface area contributed by atoms with Gasteiger partial charge in [-0.3, -0.25) is 14.4 Å². The quantitative estimate of drug-likeness (QED) is 0.278. The van der Waals surface area contributed by atoms with Gasteiger partial charge < -0.3 is 15.5 Å². The average molecular weight is 641 g/mol. The van der Waals surface area contributed by atoms with Crippen LogP contribution in [0.3, 0.4) is 0 Å². The van der Waals surface area contributed by atoms with Gasteiger partial charge in [0.25, 0.3) is 5.91 Å². The molecule has 3 amide bonds. The first-order valence-corrected chi connectivity index (χ1v) is 16.9. The van der Waals surface area contributed by atoms with Gasteiger partial charge in [-0.2, -0.15) is 0 Å². The molecule has 248 valence electrons. The summed E-state index contributed by atoms with van der Waals surface area (Å²) in [7, 11) is -0.569. The molecule has 0 saturated carbocycles. The van der Waals surface area contributed by atoms with E-state index in [-0.39, 0.29) is 29.1 Å². The Hall–Kier alpha value is -3.50. The number of amides is 3. The van der Waals surface area contributed by atoms with Gasteiger partial charge >= 0.3 is 0 Å². The number of nitrogens with one attached hydrogen (secondary N) is 3. The van der Waals surface area contributed by atoms with Crippen molar-refractivity contribution < 1.29 is 22.8 Å². The maximum atomic E-state index is 14.1. The largest absolute Gasteiger partial charge is 0.342 e. The molecule has 0 heterocycles. The van der Waals surface area contributed by atoms with Crippen molar-refractivity contribution in [2.75, 3.05) is 14.1 Å². The second-order valence-corrected chi connectivity index (χ2v) is 15.6. The highest BCUT2D eigenvalue weighted by Gasteiger charge is 2.41. The second-order valence-electron chi connectivity index (χ2n) is 13.8. The number of rotatable bonds is 13. The van der Waals surface area contributed by atoms with Crippen LogP contribution in [0.2, 0.25) is 0 Å². The summed E-state index contributed by atoms with van der Waals surface area (Å²) in [6, 6.07) is 14.6. The minimum absolute atomic E-state index is 0.121. The number of carbonyl (C=O) groups excluding carboxylic acids is 3. The molecule has 0 saturated heterocycles. The Balaban J connectivity index is 2.30. The predicted octanol–water partition coefficient (Wildman–Crippen LogP) is 4.47. The van der Waals surface area contributed by atoms with Crippen LogP contribution in [-0.4, -0.2) is 63.3 Å². The highest BCUT2D eigenvalue weighted by Crippen LogP contribution is 2.29. The summed E-state index contributed by atoms with van der Waals surface area (Å²) in [5.74, 6) is -1.84. The molecule has 0 bridgehead atoms. The van der Waals surface area contributed by atoms with Gasteiger partial charge in [0.1, 0.15) is 6.04 Å². The number of benzene rings is 2. The molecule has 2 rings (SSSR count). The van der Waals surface area contributed by atoms with Crippen LogP contribution in [0.25, 0.3) is 0 Å². The highest BCUT2D eigenvalue weighted by molar-refractivity contribution is 7.89. The lowest BCUT2D eigenvalue weighted by molar-refractivity contribution is -0.140. The van der Waals surface area contributed by atoms with E-state index in [1.165, 1.54) is 11.8 Å². The zero-order valence-corrected chi connectivity index (χ0v) is 29.5. The molecule has 9 nitrogen and oxygen atoms in total. The van der Waals surface area contributed by atoms with Gasteiger partial charge in [-0.05, 0) is 43.4 Å². The van der Waals surface area contributed by atoms with Crippen molar-refractivity contribution in [1.29, 1.82) is 0 Å². The van der Waals surface area contributed by atoms with Crippen molar-refractivity contribution in [3.63, 3.8) is 0 Å². The molecule has 3 N–H and O–H groups in total. The van der Waals surface area contributed by atoms with E-state index in [0.717, 1.165) is 11.1 Å². The van der Waals surface area contributed by atoms with Crippen LogP contribution in [-0.2, 0) is 35.6 Å². The van der Waals surface area contributed by atoms with E-state index in [1.807, 2.05) is 73.6 Å². The van der Waals surface area contributed by atoms with E-state index in [4.69, 9.17) is 0 Å². The lowest BCUT2D eigenvalue weighted by Gasteiger charge is -2.40. The number of carbonyl (C=O) groups is 3. The van der Waals surface area contributed by atoms with Gasteiger partial charge in [-0.1, -0.05) is 115 Å². The number of hydrogen-bond acceptors (Lipinski definition) is 6. The minimum Gasteiger partial charge on any atom is -0.342 e. The fourth-order valence-corrected chi connectivity index (χ4v) is 6.54. The van der Waals surface area contributed by atoms with E-state index in [2.05, 4.69) is 21.4 Å². The van der Waals surface area contributed by atoms with Crippen LogP contribution in [0.5, 0.6) is 0 Å². The van der Waals surface area contributed by atoms with E-state index in [1.54, 1.807) is 50.5 Å². The lowest BCUT2D eigenvalue weighted by Crippen LogP contribution is -2.61. The van der Waals surface area contributed by atoms with Crippen LogP contribution in [0.15, 0.2) is 66.2 Å². The van der Waals surface area contributed by atoms with Crippen molar-refractivity contribution in [2.24, 2.45) is 11.3 Å². The van der Waals surface area contributed by atoms with Crippen molar-refractivity contribution >= 4 is 27.7 Å². The molecule has 2 aromatic carbocycles. The minimum atomic E-state index is -3.94. The number of likely N-dealkylation sites (N-methyl/N-ethyl adjacent to an activating group) is 2. The lowest BCUT2D eigenvalue weighted by atomic mass is 9.76. The molecule has 0 aliphatic carbocycles. The SMILES string of the molecule is CN[C@@H](C(=O)N[C@H](C(=O)N(C)[C@H](/C=C(\C)C(=O)NS(=O)(=O)Cc1ccccc1)C(C)C)C(C)(C)C)C(C)(C)c1cccc(C)c1. The van der Waals surface area contributed by atoms with Crippen LogP contribution in [0.4, 0.5) is 0 Å². The summed E-state index contributed by atoms with van der Waals surface area (Å²) in [6.07, 6.45) is 1.61. The standard InChI is InChI=1S/C35H52N4O5S/c1-23(2)28(21-25(4)31(40)38-45(43,44)22-26-17-13-12-14-18-26)39(11)33(42)30(34(5,6)7)37-32(41)29(36-10)35(8,9)27-19-15-16-24(3)20-27/h12-21,23,28-30,36H,22H2,1-11H3,(H,37,41)(H,38,40)/b25-21+/t28-,29+,30-/m1/s1. The smallest absolute Gasteiger partial charge is 0.260 e. The Kier molecular flexibility index (Phi) is 12.7. The molecule has 2 aromatic rings.